The van der Waals surface area contributed by atoms with Crippen molar-refractivity contribution in [2.45, 2.75) is 26.3 Å². The molecule has 1 aromatic heterocycles. The van der Waals surface area contributed by atoms with E-state index in [0.29, 0.717) is 24.1 Å². The number of nitrogens with zero attached hydrogens (tertiary/aromatic N) is 2. The fourth-order valence-corrected chi connectivity index (χ4v) is 3.10. The monoisotopic (exact) mass is 336 g/mol. The molecular weight excluding hydrogens is 316 g/mol. The third-order valence-electron chi connectivity index (χ3n) is 4.33. The summed E-state index contributed by atoms with van der Waals surface area (Å²) < 4.78 is 0. The number of Topliss-reactive ketones (excluding diaryl/α,β-unsaturated/α-hetero) is 1. The number of aryl methyl sites for hydroxylation is 1. The molecule has 1 aliphatic rings. The van der Waals surface area contributed by atoms with Gasteiger partial charge in [0.25, 0.3) is 11.7 Å². The van der Waals surface area contributed by atoms with Crippen molar-refractivity contribution in [2.75, 3.05) is 6.54 Å². The van der Waals surface area contributed by atoms with Crippen molar-refractivity contribution in [1.29, 1.82) is 0 Å². The van der Waals surface area contributed by atoms with E-state index in [1.165, 1.54) is 4.90 Å². The van der Waals surface area contributed by atoms with E-state index in [1.807, 2.05) is 32.0 Å². The van der Waals surface area contributed by atoms with E-state index in [4.69, 9.17) is 0 Å². The highest BCUT2D eigenvalue weighted by molar-refractivity contribution is 6.46. The smallest absolute Gasteiger partial charge is 0.295 e. The lowest BCUT2D eigenvalue weighted by Crippen LogP contribution is -2.30. The Balaban J connectivity index is 2.17. The molecule has 1 aromatic carbocycles. The van der Waals surface area contributed by atoms with Crippen LogP contribution in [0.15, 0.2) is 54.4 Å². The Labute approximate surface area is 146 Å². The highest BCUT2D eigenvalue weighted by Gasteiger charge is 2.45. The third-order valence-corrected chi connectivity index (χ3v) is 4.33. The zero-order chi connectivity index (χ0) is 18.0. The van der Waals surface area contributed by atoms with Crippen LogP contribution in [-0.4, -0.2) is 33.2 Å². The van der Waals surface area contributed by atoms with Crippen LogP contribution in [0.3, 0.4) is 0 Å². The lowest BCUT2D eigenvalue weighted by Gasteiger charge is -2.24. The molecule has 2 heterocycles. The minimum absolute atomic E-state index is 0.121. The first-order valence-corrected chi connectivity index (χ1v) is 8.30. The van der Waals surface area contributed by atoms with Gasteiger partial charge in [0, 0.05) is 24.5 Å². The maximum absolute atomic E-state index is 12.6. The van der Waals surface area contributed by atoms with Crippen LogP contribution in [0.2, 0.25) is 0 Å². The van der Waals surface area contributed by atoms with Crippen molar-refractivity contribution in [2.24, 2.45) is 0 Å². The highest BCUT2D eigenvalue weighted by Crippen LogP contribution is 2.39. The van der Waals surface area contributed by atoms with Crippen LogP contribution in [-0.2, 0) is 9.59 Å². The molecule has 1 aliphatic heterocycles. The fraction of sp³-hybridized carbons (Fsp3) is 0.250. The van der Waals surface area contributed by atoms with Gasteiger partial charge in [-0.15, -0.1) is 0 Å². The molecule has 0 saturated carbocycles. The second-order valence-corrected chi connectivity index (χ2v) is 6.14. The van der Waals surface area contributed by atoms with Gasteiger partial charge in [-0.2, -0.15) is 0 Å². The summed E-state index contributed by atoms with van der Waals surface area (Å²) in [6.07, 6.45) is 3.98. The zero-order valence-electron chi connectivity index (χ0n) is 14.3. The molecule has 128 valence electrons. The van der Waals surface area contributed by atoms with Crippen LogP contribution < -0.4 is 0 Å². The summed E-state index contributed by atoms with van der Waals surface area (Å²) in [6.45, 7) is 4.33. The standard InChI is InChI=1S/C20H20N2O3/c1-3-11-22-17(15-5-4-10-21-12-15)16(19(24)20(22)25)18(23)14-8-6-13(2)7-9-14/h4-10,12,17,23H,3,11H2,1-2H3/b18-16-. The summed E-state index contributed by atoms with van der Waals surface area (Å²) in [5, 5.41) is 10.8. The van der Waals surface area contributed by atoms with Crippen LogP contribution in [0.5, 0.6) is 0 Å². The number of carbonyl (C=O) groups is 2. The van der Waals surface area contributed by atoms with Gasteiger partial charge < -0.3 is 10.0 Å². The Morgan fingerprint density at radius 1 is 1.20 bits per heavy atom. The lowest BCUT2D eigenvalue weighted by atomic mass is 9.96. The summed E-state index contributed by atoms with van der Waals surface area (Å²) in [6, 6.07) is 10.2. The van der Waals surface area contributed by atoms with E-state index in [1.54, 1.807) is 30.6 Å². The second-order valence-electron chi connectivity index (χ2n) is 6.14. The average molecular weight is 336 g/mol. The largest absolute Gasteiger partial charge is 0.507 e. The number of aliphatic hydroxyl groups excluding tert-OH is 1. The molecule has 1 N–H and O–H groups in total. The molecule has 1 amide bonds. The fourth-order valence-electron chi connectivity index (χ4n) is 3.10. The van der Waals surface area contributed by atoms with E-state index in [-0.39, 0.29) is 11.3 Å². The molecule has 2 aromatic rings. The van der Waals surface area contributed by atoms with Crippen LogP contribution >= 0.6 is 0 Å². The number of carbonyl (C=O) groups excluding carboxylic acids is 2. The Hall–Kier alpha value is -2.95. The molecule has 25 heavy (non-hydrogen) atoms. The van der Waals surface area contributed by atoms with Crippen LogP contribution in [0, 0.1) is 6.92 Å². The zero-order valence-corrected chi connectivity index (χ0v) is 14.3. The second kappa shape index (κ2) is 6.89. The number of benzene rings is 1. The Morgan fingerprint density at radius 2 is 1.92 bits per heavy atom. The topological polar surface area (TPSA) is 70.5 Å². The van der Waals surface area contributed by atoms with Crippen LogP contribution in [0.25, 0.3) is 5.76 Å². The van der Waals surface area contributed by atoms with Crippen molar-refractivity contribution in [3.63, 3.8) is 0 Å². The Kier molecular flexibility index (Phi) is 4.65. The lowest BCUT2D eigenvalue weighted by molar-refractivity contribution is -0.139. The maximum atomic E-state index is 12.6. The minimum atomic E-state index is -0.652. The molecule has 3 rings (SSSR count). The third kappa shape index (κ3) is 3.05. The predicted molar refractivity (Wildman–Crippen MR) is 94.7 cm³/mol. The molecule has 1 unspecified atom stereocenters. The first kappa shape index (κ1) is 16.9. The Morgan fingerprint density at radius 3 is 2.52 bits per heavy atom. The molecule has 0 bridgehead atoms. The van der Waals surface area contributed by atoms with E-state index < -0.39 is 17.7 Å². The van der Waals surface area contributed by atoms with E-state index in [2.05, 4.69) is 4.98 Å². The maximum Gasteiger partial charge on any atom is 0.295 e. The van der Waals surface area contributed by atoms with Crippen LogP contribution in [0.4, 0.5) is 0 Å². The first-order chi connectivity index (χ1) is 12.0. The summed E-state index contributed by atoms with van der Waals surface area (Å²) in [5.41, 5.74) is 2.40. The summed E-state index contributed by atoms with van der Waals surface area (Å²) >= 11 is 0. The number of pyridine rings is 1. The molecule has 5 nitrogen and oxygen atoms in total. The van der Waals surface area contributed by atoms with Gasteiger partial charge in [0.05, 0.1) is 11.6 Å². The van der Waals surface area contributed by atoms with Crippen molar-refractivity contribution < 1.29 is 14.7 Å². The average Bonchev–Trinajstić information content (AvgIpc) is 2.88. The van der Waals surface area contributed by atoms with Crippen molar-refractivity contribution in [3.05, 3.63) is 71.1 Å². The quantitative estimate of drug-likeness (QED) is 0.529. The molecule has 0 spiro atoms. The number of likely N-dealkylation sites (tertiary alicyclic amines) is 1. The Bertz CT molecular complexity index is 826. The molecule has 5 heteroatoms. The van der Waals surface area contributed by atoms with E-state index in [0.717, 1.165) is 5.56 Å². The molecule has 0 radical (unpaired) electrons. The van der Waals surface area contributed by atoms with Crippen LogP contribution in [0.1, 0.15) is 36.1 Å². The van der Waals surface area contributed by atoms with Crippen molar-refractivity contribution in [1.82, 2.24) is 9.88 Å². The number of amides is 1. The molecule has 0 aliphatic carbocycles. The van der Waals surface area contributed by atoms with Gasteiger partial charge in [-0.1, -0.05) is 42.8 Å². The summed E-state index contributed by atoms with van der Waals surface area (Å²) in [5.74, 6) is -1.38. The van der Waals surface area contributed by atoms with E-state index >= 15 is 0 Å². The van der Waals surface area contributed by atoms with Crippen molar-refractivity contribution in [3.8, 4) is 0 Å². The highest BCUT2D eigenvalue weighted by atomic mass is 16.3. The summed E-state index contributed by atoms with van der Waals surface area (Å²) in [4.78, 5) is 30.7. The number of rotatable bonds is 4. The SMILES string of the molecule is CCCN1C(=O)C(=O)/C(=C(\O)c2ccc(C)cc2)C1c1cccnc1. The van der Waals surface area contributed by atoms with E-state index in [9.17, 15) is 14.7 Å². The van der Waals surface area contributed by atoms with Gasteiger partial charge in [-0.25, -0.2) is 0 Å². The number of aromatic nitrogens is 1. The van der Waals surface area contributed by atoms with Gasteiger partial charge in [0.15, 0.2) is 0 Å². The van der Waals surface area contributed by atoms with Crippen molar-refractivity contribution >= 4 is 17.4 Å². The number of hydrogen-bond donors (Lipinski definition) is 1. The number of aliphatic hydroxyl groups is 1. The predicted octanol–water partition coefficient (Wildman–Crippen LogP) is 3.22. The minimum Gasteiger partial charge on any atom is -0.507 e. The number of ketones is 1. The molecule has 1 atom stereocenters. The normalized spacial score (nSPS) is 19.4. The first-order valence-electron chi connectivity index (χ1n) is 8.30. The molecule has 1 fully saturated rings. The van der Waals surface area contributed by atoms with Gasteiger partial charge >= 0.3 is 0 Å². The number of hydrogen-bond acceptors (Lipinski definition) is 4. The molecule has 1 saturated heterocycles. The molecular formula is C20H20N2O3. The van der Waals surface area contributed by atoms with Gasteiger partial charge in [0.2, 0.25) is 0 Å². The summed E-state index contributed by atoms with van der Waals surface area (Å²) in [7, 11) is 0. The van der Waals surface area contributed by atoms with Gasteiger partial charge in [-0.3, -0.25) is 14.6 Å². The van der Waals surface area contributed by atoms with Gasteiger partial charge in [0.1, 0.15) is 5.76 Å². The van der Waals surface area contributed by atoms with Gasteiger partial charge in [-0.05, 0) is 25.0 Å².